The van der Waals surface area contributed by atoms with Crippen molar-refractivity contribution in [3.05, 3.63) is 59.7 Å². The predicted molar refractivity (Wildman–Crippen MR) is 117 cm³/mol. The molecule has 0 saturated carbocycles. The van der Waals surface area contributed by atoms with Crippen LogP contribution in [0, 0.1) is 0 Å². The van der Waals surface area contributed by atoms with Crippen LogP contribution >= 0.6 is 11.8 Å². The first-order valence-corrected chi connectivity index (χ1v) is 11.1. The van der Waals surface area contributed by atoms with E-state index in [2.05, 4.69) is 10.6 Å². The number of carbonyl (C=O) groups is 2. The molecule has 0 aliphatic carbocycles. The highest BCUT2D eigenvalue weighted by Gasteiger charge is 2.19. The second-order valence-electron chi connectivity index (χ2n) is 7.16. The Kier molecular flexibility index (Phi) is 7.72. The summed E-state index contributed by atoms with van der Waals surface area (Å²) in [5.74, 6) is 0.762. The van der Waals surface area contributed by atoms with Crippen LogP contribution in [0.1, 0.15) is 55.1 Å². The molecule has 2 aromatic rings. The van der Waals surface area contributed by atoms with Gasteiger partial charge in [0.15, 0.2) is 0 Å². The summed E-state index contributed by atoms with van der Waals surface area (Å²) in [5, 5.41) is 5.91. The molecule has 2 unspecified atom stereocenters. The zero-order valence-corrected chi connectivity index (χ0v) is 17.8. The van der Waals surface area contributed by atoms with E-state index in [1.165, 1.54) is 0 Å². The molecule has 6 heteroatoms. The molecule has 1 aliphatic heterocycles. The first kappa shape index (κ1) is 21.4. The van der Waals surface area contributed by atoms with Crippen LogP contribution in [0.3, 0.4) is 0 Å². The van der Waals surface area contributed by atoms with Crippen LogP contribution in [0.25, 0.3) is 0 Å². The summed E-state index contributed by atoms with van der Waals surface area (Å²) in [7, 11) is 0. The molecule has 5 nitrogen and oxygen atoms in total. The zero-order valence-electron chi connectivity index (χ0n) is 16.9. The number of hydrogen-bond donors (Lipinski definition) is 2. The molecule has 1 saturated heterocycles. The van der Waals surface area contributed by atoms with Crippen molar-refractivity contribution in [3.63, 3.8) is 0 Å². The number of ether oxygens (including phenoxy) is 1. The summed E-state index contributed by atoms with van der Waals surface area (Å²) in [6, 6.07) is 15.1. The van der Waals surface area contributed by atoms with Gasteiger partial charge in [-0.1, -0.05) is 31.2 Å². The number of rotatable bonds is 8. The van der Waals surface area contributed by atoms with Gasteiger partial charge < -0.3 is 15.4 Å². The van der Waals surface area contributed by atoms with Crippen molar-refractivity contribution in [1.29, 1.82) is 0 Å². The first-order chi connectivity index (χ1) is 14.1. The number of thioether (sulfide) groups is 1. The van der Waals surface area contributed by atoms with Gasteiger partial charge in [-0.05, 0) is 49.6 Å². The molecule has 3 rings (SSSR count). The van der Waals surface area contributed by atoms with Crippen LogP contribution in [-0.2, 0) is 9.53 Å². The lowest BCUT2D eigenvalue weighted by molar-refractivity contribution is -0.115. The van der Waals surface area contributed by atoms with E-state index in [1.54, 1.807) is 11.8 Å². The van der Waals surface area contributed by atoms with Crippen molar-refractivity contribution >= 4 is 29.3 Å². The third kappa shape index (κ3) is 6.08. The molecular formula is C23H28N2O3S. The summed E-state index contributed by atoms with van der Waals surface area (Å²) in [6.07, 6.45) is 2.93. The van der Waals surface area contributed by atoms with Crippen molar-refractivity contribution in [3.8, 4) is 0 Å². The van der Waals surface area contributed by atoms with E-state index in [4.69, 9.17) is 4.74 Å². The molecule has 2 aromatic carbocycles. The minimum atomic E-state index is -0.144. The van der Waals surface area contributed by atoms with E-state index in [9.17, 15) is 9.59 Å². The van der Waals surface area contributed by atoms with Gasteiger partial charge in [0.25, 0.3) is 5.91 Å². The topological polar surface area (TPSA) is 67.4 Å². The summed E-state index contributed by atoms with van der Waals surface area (Å²) in [4.78, 5) is 25.4. The molecule has 154 valence electrons. The lowest BCUT2D eigenvalue weighted by atomic mass is 10.1. The Morgan fingerprint density at radius 3 is 2.62 bits per heavy atom. The Balaban J connectivity index is 1.61. The van der Waals surface area contributed by atoms with Crippen LogP contribution < -0.4 is 10.6 Å². The van der Waals surface area contributed by atoms with Crippen LogP contribution in [0.2, 0.25) is 0 Å². The number of carbonyl (C=O) groups excluding carboxylic acids is 2. The highest BCUT2D eigenvalue weighted by Crippen LogP contribution is 2.27. The average molecular weight is 413 g/mol. The van der Waals surface area contributed by atoms with Crippen LogP contribution in [0.5, 0.6) is 0 Å². The Morgan fingerprint density at radius 1 is 1.17 bits per heavy atom. The fraction of sp³-hybridized carbons (Fsp3) is 0.391. The summed E-state index contributed by atoms with van der Waals surface area (Å²) >= 11 is 1.68. The third-order valence-electron chi connectivity index (χ3n) is 4.94. The maximum atomic E-state index is 12.9. The fourth-order valence-electron chi connectivity index (χ4n) is 3.20. The highest BCUT2D eigenvalue weighted by atomic mass is 32.2. The monoisotopic (exact) mass is 412 g/mol. The molecule has 0 spiro atoms. The van der Waals surface area contributed by atoms with Gasteiger partial charge in [-0.3, -0.25) is 9.59 Å². The maximum Gasteiger partial charge on any atom is 0.252 e. The average Bonchev–Trinajstić information content (AvgIpc) is 3.26. The molecular weight excluding hydrogens is 384 g/mol. The predicted octanol–water partition coefficient (Wildman–Crippen LogP) is 4.80. The van der Waals surface area contributed by atoms with E-state index >= 15 is 0 Å². The van der Waals surface area contributed by atoms with E-state index in [-0.39, 0.29) is 24.0 Å². The lowest BCUT2D eigenvalue weighted by Crippen LogP contribution is -2.27. The second-order valence-corrected chi connectivity index (χ2v) is 8.22. The quantitative estimate of drug-likeness (QED) is 0.611. The summed E-state index contributed by atoms with van der Waals surface area (Å²) < 4.78 is 5.69. The van der Waals surface area contributed by atoms with Gasteiger partial charge in [0.2, 0.25) is 5.91 Å². The van der Waals surface area contributed by atoms with Gasteiger partial charge in [0.05, 0.1) is 17.7 Å². The normalized spacial score (nSPS) is 17.0. The minimum absolute atomic E-state index is 0.0174. The number of amides is 2. The Morgan fingerprint density at radius 2 is 1.93 bits per heavy atom. The summed E-state index contributed by atoms with van der Waals surface area (Å²) in [5.41, 5.74) is 2.43. The van der Waals surface area contributed by atoms with Crippen LogP contribution in [0.4, 0.5) is 5.69 Å². The van der Waals surface area contributed by atoms with Crippen LogP contribution in [-0.4, -0.2) is 30.3 Å². The van der Waals surface area contributed by atoms with E-state index in [0.717, 1.165) is 41.3 Å². The Bertz CT molecular complexity index is 832. The van der Waals surface area contributed by atoms with Gasteiger partial charge >= 0.3 is 0 Å². The smallest absolute Gasteiger partial charge is 0.252 e. The standard InChI is InChI=1S/C23H28N2O3S/c1-3-22(26)25-18-12-10-17(11-13-18)16(2)24-23(27)20-8-4-5-9-21(20)29-15-19-7-6-14-28-19/h4-5,8-13,16,19H,3,6-7,14-15H2,1-2H3,(H,24,27)(H,25,26). The highest BCUT2D eigenvalue weighted by molar-refractivity contribution is 7.99. The SMILES string of the molecule is CCC(=O)Nc1ccc(C(C)NC(=O)c2ccccc2SCC2CCCO2)cc1. The van der Waals surface area contributed by atoms with Gasteiger partial charge in [-0.2, -0.15) is 0 Å². The number of benzene rings is 2. The van der Waals surface area contributed by atoms with Gasteiger partial charge in [0, 0.05) is 29.4 Å². The number of nitrogens with one attached hydrogen (secondary N) is 2. The molecule has 2 atom stereocenters. The molecule has 1 aliphatic rings. The van der Waals surface area contributed by atoms with E-state index in [1.807, 2.05) is 62.4 Å². The van der Waals surface area contributed by atoms with Crippen LogP contribution in [0.15, 0.2) is 53.4 Å². The van der Waals surface area contributed by atoms with Crippen molar-refractivity contribution in [2.45, 2.75) is 50.2 Å². The second kappa shape index (κ2) is 10.5. The van der Waals surface area contributed by atoms with Gasteiger partial charge in [-0.25, -0.2) is 0 Å². The minimum Gasteiger partial charge on any atom is -0.377 e. The molecule has 2 N–H and O–H groups in total. The van der Waals surface area contributed by atoms with E-state index < -0.39 is 0 Å². The number of anilines is 1. The first-order valence-electron chi connectivity index (χ1n) is 10.1. The van der Waals surface area contributed by atoms with Gasteiger partial charge in [0.1, 0.15) is 0 Å². The molecule has 2 amide bonds. The zero-order chi connectivity index (χ0) is 20.6. The Hall–Kier alpha value is -2.31. The molecule has 29 heavy (non-hydrogen) atoms. The van der Waals surface area contributed by atoms with Crippen molar-refractivity contribution in [1.82, 2.24) is 5.32 Å². The maximum absolute atomic E-state index is 12.9. The van der Waals surface area contributed by atoms with Gasteiger partial charge in [-0.15, -0.1) is 11.8 Å². The fourth-order valence-corrected chi connectivity index (χ4v) is 4.32. The number of hydrogen-bond acceptors (Lipinski definition) is 4. The van der Waals surface area contributed by atoms with E-state index in [0.29, 0.717) is 12.0 Å². The Labute approximate surface area is 176 Å². The largest absolute Gasteiger partial charge is 0.377 e. The molecule has 0 bridgehead atoms. The molecule has 1 heterocycles. The molecule has 1 fully saturated rings. The van der Waals surface area contributed by atoms with Crippen molar-refractivity contribution in [2.24, 2.45) is 0 Å². The van der Waals surface area contributed by atoms with Crippen molar-refractivity contribution < 1.29 is 14.3 Å². The summed E-state index contributed by atoms with van der Waals surface area (Å²) in [6.45, 7) is 4.61. The lowest BCUT2D eigenvalue weighted by Gasteiger charge is -2.17. The third-order valence-corrected chi connectivity index (χ3v) is 6.15. The molecule has 0 radical (unpaired) electrons. The van der Waals surface area contributed by atoms with Crippen molar-refractivity contribution in [2.75, 3.05) is 17.7 Å². The molecule has 0 aromatic heterocycles.